The molecule has 1 aromatic heterocycles. The minimum Gasteiger partial charge on any atom is -0.481 e. The van der Waals surface area contributed by atoms with Crippen molar-refractivity contribution in [1.29, 1.82) is 0 Å². The standard InChI is InChI=1S/C14H16N2O2/c1-9-5-3-4-6-11(9)12(7-14(17)18)13-8-15-10(2)16-13/h3-6,8,12H,7H2,1-2H3,(H,15,16)(H,17,18). The Morgan fingerprint density at radius 2 is 2.11 bits per heavy atom. The van der Waals surface area contributed by atoms with Gasteiger partial charge in [-0.25, -0.2) is 4.98 Å². The second-order valence-electron chi connectivity index (χ2n) is 4.43. The maximum Gasteiger partial charge on any atom is 0.304 e. The van der Waals surface area contributed by atoms with Crippen LogP contribution in [0.25, 0.3) is 0 Å². The van der Waals surface area contributed by atoms with Crippen LogP contribution in [-0.4, -0.2) is 21.0 Å². The van der Waals surface area contributed by atoms with Crippen molar-refractivity contribution in [3.05, 3.63) is 53.1 Å². The number of imidazole rings is 1. The third-order valence-electron chi connectivity index (χ3n) is 3.04. The zero-order valence-corrected chi connectivity index (χ0v) is 10.5. The molecule has 2 aromatic rings. The second kappa shape index (κ2) is 5.04. The van der Waals surface area contributed by atoms with Gasteiger partial charge in [0.25, 0.3) is 0 Å². The maximum absolute atomic E-state index is 11.0. The Labute approximate surface area is 106 Å². The third-order valence-corrected chi connectivity index (χ3v) is 3.04. The fourth-order valence-electron chi connectivity index (χ4n) is 2.16. The van der Waals surface area contributed by atoms with Gasteiger partial charge in [0.05, 0.1) is 6.42 Å². The highest BCUT2D eigenvalue weighted by Gasteiger charge is 2.20. The number of aryl methyl sites for hydroxylation is 2. The van der Waals surface area contributed by atoms with Crippen LogP contribution in [0.4, 0.5) is 0 Å². The first-order chi connectivity index (χ1) is 8.58. The van der Waals surface area contributed by atoms with Crippen molar-refractivity contribution < 1.29 is 9.90 Å². The first-order valence-corrected chi connectivity index (χ1v) is 5.86. The van der Waals surface area contributed by atoms with Crippen molar-refractivity contribution in [3.63, 3.8) is 0 Å². The molecule has 0 aliphatic carbocycles. The Morgan fingerprint density at radius 1 is 1.39 bits per heavy atom. The molecule has 0 radical (unpaired) electrons. The lowest BCUT2D eigenvalue weighted by molar-refractivity contribution is -0.137. The van der Waals surface area contributed by atoms with Gasteiger partial charge < -0.3 is 10.1 Å². The molecule has 1 atom stereocenters. The summed E-state index contributed by atoms with van der Waals surface area (Å²) in [5.74, 6) is -0.186. The topological polar surface area (TPSA) is 66.0 Å². The van der Waals surface area contributed by atoms with Gasteiger partial charge in [0.2, 0.25) is 0 Å². The number of nitrogens with zero attached hydrogens (tertiary/aromatic N) is 1. The number of rotatable bonds is 4. The van der Waals surface area contributed by atoms with Crippen molar-refractivity contribution in [1.82, 2.24) is 9.97 Å². The molecule has 1 aromatic carbocycles. The smallest absolute Gasteiger partial charge is 0.304 e. The van der Waals surface area contributed by atoms with Crippen LogP contribution in [0.3, 0.4) is 0 Å². The quantitative estimate of drug-likeness (QED) is 0.868. The van der Waals surface area contributed by atoms with E-state index in [9.17, 15) is 4.79 Å². The molecular formula is C14H16N2O2. The Bertz CT molecular complexity index is 560. The van der Waals surface area contributed by atoms with E-state index >= 15 is 0 Å². The van der Waals surface area contributed by atoms with Crippen LogP contribution in [0.5, 0.6) is 0 Å². The molecule has 0 aliphatic heterocycles. The van der Waals surface area contributed by atoms with Crippen molar-refractivity contribution in [2.75, 3.05) is 0 Å². The summed E-state index contributed by atoms with van der Waals surface area (Å²) in [6, 6.07) is 7.85. The van der Waals surface area contributed by atoms with Crippen molar-refractivity contribution in [2.24, 2.45) is 0 Å². The highest BCUT2D eigenvalue weighted by Crippen LogP contribution is 2.29. The van der Waals surface area contributed by atoms with Gasteiger partial charge in [-0.1, -0.05) is 24.3 Å². The Kier molecular flexibility index (Phi) is 3.46. The van der Waals surface area contributed by atoms with Crippen LogP contribution in [0.15, 0.2) is 30.5 Å². The SMILES string of the molecule is Cc1ncc(C(CC(=O)O)c2ccccc2C)[nH]1. The Balaban J connectivity index is 2.43. The molecule has 1 heterocycles. The number of carboxylic acids is 1. The van der Waals surface area contributed by atoms with Crippen LogP contribution >= 0.6 is 0 Å². The molecule has 0 amide bonds. The summed E-state index contributed by atoms with van der Waals surface area (Å²) in [5, 5.41) is 9.07. The number of H-pyrrole nitrogens is 1. The first-order valence-electron chi connectivity index (χ1n) is 5.86. The van der Waals surface area contributed by atoms with Crippen molar-refractivity contribution in [2.45, 2.75) is 26.2 Å². The predicted molar refractivity (Wildman–Crippen MR) is 68.6 cm³/mol. The summed E-state index contributed by atoms with van der Waals surface area (Å²) in [6.45, 7) is 3.85. The number of carbonyl (C=O) groups is 1. The molecule has 4 nitrogen and oxygen atoms in total. The predicted octanol–water partition coefficient (Wildman–Crippen LogP) is 2.63. The van der Waals surface area contributed by atoms with Gasteiger partial charge in [-0.3, -0.25) is 4.79 Å². The normalized spacial score (nSPS) is 12.3. The van der Waals surface area contributed by atoms with Gasteiger partial charge in [0, 0.05) is 17.8 Å². The van der Waals surface area contributed by atoms with Crippen molar-refractivity contribution in [3.8, 4) is 0 Å². The molecule has 4 heteroatoms. The summed E-state index contributed by atoms with van der Waals surface area (Å²) in [4.78, 5) is 18.3. The summed E-state index contributed by atoms with van der Waals surface area (Å²) >= 11 is 0. The van der Waals surface area contributed by atoms with Crippen LogP contribution in [0.2, 0.25) is 0 Å². The number of carboxylic acid groups (broad SMARTS) is 1. The summed E-state index contributed by atoms with van der Waals surface area (Å²) in [7, 11) is 0. The summed E-state index contributed by atoms with van der Waals surface area (Å²) in [6.07, 6.45) is 1.78. The average Bonchev–Trinajstić information content (AvgIpc) is 2.73. The fourth-order valence-corrected chi connectivity index (χ4v) is 2.16. The van der Waals surface area contributed by atoms with Crippen LogP contribution in [0, 0.1) is 13.8 Å². The molecule has 1 unspecified atom stereocenters. The molecule has 18 heavy (non-hydrogen) atoms. The monoisotopic (exact) mass is 244 g/mol. The number of aromatic amines is 1. The third kappa shape index (κ3) is 2.59. The van der Waals surface area contributed by atoms with Gasteiger partial charge in [-0.15, -0.1) is 0 Å². The van der Waals surface area contributed by atoms with E-state index in [0.29, 0.717) is 0 Å². The van der Waals surface area contributed by atoms with Gasteiger partial charge in [-0.05, 0) is 25.0 Å². The molecule has 2 N–H and O–H groups in total. The van der Waals surface area contributed by atoms with E-state index in [4.69, 9.17) is 5.11 Å². The highest BCUT2D eigenvalue weighted by atomic mass is 16.4. The lowest BCUT2D eigenvalue weighted by Gasteiger charge is -2.16. The van der Waals surface area contributed by atoms with Gasteiger partial charge in [0.1, 0.15) is 5.82 Å². The largest absolute Gasteiger partial charge is 0.481 e. The average molecular weight is 244 g/mol. The number of hydrogen-bond donors (Lipinski definition) is 2. The Hall–Kier alpha value is -2.10. The van der Waals surface area contributed by atoms with Gasteiger partial charge >= 0.3 is 5.97 Å². The zero-order valence-electron chi connectivity index (χ0n) is 10.5. The molecule has 0 saturated heterocycles. The number of aromatic nitrogens is 2. The van der Waals surface area contributed by atoms with E-state index in [1.807, 2.05) is 38.1 Å². The zero-order chi connectivity index (χ0) is 13.1. The number of aliphatic carboxylic acids is 1. The summed E-state index contributed by atoms with van der Waals surface area (Å²) in [5.41, 5.74) is 2.98. The fraction of sp³-hybridized carbons (Fsp3) is 0.286. The van der Waals surface area contributed by atoms with E-state index in [2.05, 4.69) is 9.97 Å². The minimum atomic E-state index is -0.810. The molecule has 0 saturated carbocycles. The highest BCUT2D eigenvalue weighted by molar-refractivity contribution is 5.69. The van der Waals surface area contributed by atoms with Crippen LogP contribution < -0.4 is 0 Å². The first kappa shape index (κ1) is 12.4. The Morgan fingerprint density at radius 3 is 2.67 bits per heavy atom. The van der Waals surface area contributed by atoms with Crippen LogP contribution in [0.1, 0.15) is 35.0 Å². The van der Waals surface area contributed by atoms with Crippen molar-refractivity contribution >= 4 is 5.97 Å². The minimum absolute atomic E-state index is 0.0620. The lowest BCUT2D eigenvalue weighted by Crippen LogP contribution is -2.09. The molecule has 0 bridgehead atoms. The summed E-state index contributed by atoms with van der Waals surface area (Å²) < 4.78 is 0. The number of benzene rings is 1. The molecule has 94 valence electrons. The lowest BCUT2D eigenvalue weighted by atomic mass is 9.90. The van der Waals surface area contributed by atoms with E-state index in [1.54, 1.807) is 6.20 Å². The molecule has 0 aliphatic rings. The molecular weight excluding hydrogens is 228 g/mol. The van der Waals surface area contributed by atoms with Gasteiger partial charge in [0.15, 0.2) is 0 Å². The second-order valence-corrected chi connectivity index (χ2v) is 4.43. The van der Waals surface area contributed by atoms with E-state index in [1.165, 1.54) is 0 Å². The number of hydrogen-bond acceptors (Lipinski definition) is 2. The molecule has 2 rings (SSSR count). The molecule has 0 spiro atoms. The van der Waals surface area contributed by atoms with E-state index in [-0.39, 0.29) is 12.3 Å². The van der Waals surface area contributed by atoms with E-state index in [0.717, 1.165) is 22.6 Å². The van der Waals surface area contributed by atoms with E-state index < -0.39 is 5.97 Å². The maximum atomic E-state index is 11.0. The van der Waals surface area contributed by atoms with Crippen LogP contribution in [-0.2, 0) is 4.79 Å². The number of nitrogens with one attached hydrogen (secondary N) is 1. The van der Waals surface area contributed by atoms with Gasteiger partial charge in [-0.2, -0.15) is 0 Å². The molecule has 0 fully saturated rings.